The quantitative estimate of drug-likeness (QED) is 0.107. The fourth-order valence-corrected chi connectivity index (χ4v) is 5.30. The maximum atomic E-state index is 12.9. The number of thioether (sulfide) groups is 1. The van der Waals surface area contributed by atoms with Crippen molar-refractivity contribution in [1.82, 2.24) is 15.2 Å². The van der Waals surface area contributed by atoms with E-state index in [1.807, 2.05) is 0 Å². The molecule has 2 aliphatic heterocycles. The number of allylic oxidation sites excluding steroid dienone is 1. The molecule has 0 spiro atoms. The third-order valence-electron chi connectivity index (χ3n) is 5.20. The number of carbonyl (C=O) groups is 3. The number of nitrogens with one attached hydrogen (secondary N) is 1. The standard InChI is InChI=1S/C20H19FN6O6S2/c21-6-8-33-25-14(10-9-34-20(22)23-10)17(28)24-15-11-4-5-12(16(19(30)31)27(11)18(15)29)35-13-3-1-2-7-26(13)32/h1-3,7,9,11,15H,4-6,8H2,(H2,22,23)(H,24,28)(H,30,31)/b25-14+/t11-,15+/m1/s1. The van der Waals surface area contributed by atoms with Gasteiger partial charge in [-0.1, -0.05) is 5.16 Å². The lowest BCUT2D eigenvalue weighted by Gasteiger charge is -2.49. The molecule has 0 unspecified atom stereocenters. The highest BCUT2D eigenvalue weighted by Gasteiger charge is 2.54. The smallest absolute Gasteiger partial charge is 0.353 e. The number of pyridine rings is 1. The van der Waals surface area contributed by atoms with Crippen LogP contribution in [-0.4, -0.2) is 63.9 Å². The lowest BCUT2D eigenvalue weighted by atomic mass is 9.86. The fraction of sp³-hybridized carbons (Fsp3) is 0.300. The first-order valence-corrected chi connectivity index (χ1v) is 11.9. The molecule has 1 fully saturated rings. The van der Waals surface area contributed by atoms with Crippen LogP contribution in [-0.2, 0) is 19.2 Å². The number of amides is 2. The van der Waals surface area contributed by atoms with Gasteiger partial charge < -0.3 is 26.2 Å². The van der Waals surface area contributed by atoms with E-state index in [1.54, 1.807) is 18.2 Å². The number of fused-ring (bicyclic) bond motifs is 1. The van der Waals surface area contributed by atoms with E-state index in [0.717, 1.165) is 28.0 Å². The topological polar surface area (TPSA) is 174 Å². The highest BCUT2D eigenvalue weighted by Crippen LogP contribution is 2.42. The van der Waals surface area contributed by atoms with Crippen LogP contribution >= 0.6 is 23.1 Å². The second-order valence-electron chi connectivity index (χ2n) is 7.34. The maximum absolute atomic E-state index is 12.9. The Hall–Kier alpha value is -3.72. The molecule has 1 saturated heterocycles. The van der Waals surface area contributed by atoms with E-state index in [1.165, 1.54) is 11.6 Å². The number of nitrogens with two attached hydrogens (primary N) is 1. The molecule has 15 heteroatoms. The molecular weight excluding hydrogens is 503 g/mol. The predicted octanol–water partition coefficient (Wildman–Crippen LogP) is 0.627. The highest BCUT2D eigenvalue weighted by atomic mass is 32.2. The van der Waals surface area contributed by atoms with Gasteiger partial charge in [-0.3, -0.25) is 14.5 Å². The molecule has 4 heterocycles. The second-order valence-corrected chi connectivity index (χ2v) is 9.35. The van der Waals surface area contributed by atoms with Crippen LogP contribution in [0.5, 0.6) is 0 Å². The number of carbonyl (C=O) groups excluding carboxylic acids is 2. The molecule has 0 saturated carbocycles. The van der Waals surface area contributed by atoms with Gasteiger partial charge in [-0.05, 0) is 30.7 Å². The van der Waals surface area contributed by atoms with Crippen molar-refractivity contribution in [3.05, 3.63) is 51.3 Å². The molecule has 4 N–H and O–H groups in total. The van der Waals surface area contributed by atoms with Gasteiger partial charge in [0.1, 0.15) is 30.7 Å². The molecule has 12 nitrogen and oxygen atoms in total. The van der Waals surface area contributed by atoms with Crippen LogP contribution in [0.1, 0.15) is 18.5 Å². The van der Waals surface area contributed by atoms with E-state index in [0.29, 0.717) is 16.1 Å². The number of oxime groups is 1. The summed E-state index contributed by atoms with van der Waals surface area (Å²) in [6.07, 6.45) is 1.93. The Morgan fingerprint density at radius 3 is 2.94 bits per heavy atom. The molecule has 4 rings (SSSR count). The summed E-state index contributed by atoms with van der Waals surface area (Å²) in [5.41, 5.74) is 5.20. The van der Waals surface area contributed by atoms with Gasteiger partial charge in [0.15, 0.2) is 17.0 Å². The van der Waals surface area contributed by atoms with E-state index < -0.39 is 36.5 Å². The van der Waals surface area contributed by atoms with Crippen molar-refractivity contribution in [3.63, 3.8) is 0 Å². The minimum atomic E-state index is -1.32. The summed E-state index contributed by atoms with van der Waals surface area (Å²) in [4.78, 5) is 48.1. The average Bonchev–Trinajstić information content (AvgIpc) is 3.26. The molecule has 2 amide bonds. The first kappa shape index (κ1) is 24.4. The van der Waals surface area contributed by atoms with Crippen LogP contribution < -0.4 is 15.8 Å². The number of hydrogen-bond donors (Lipinski definition) is 3. The number of β-lactam (4-membered cyclic amide) rings is 1. The molecule has 0 aromatic carbocycles. The Morgan fingerprint density at radius 2 is 2.29 bits per heavy atom. The molecule has 2 aliphatic rings. The molecule has 2 atom stereocenters. The number of carboxylic acids is 1. The number of thiazole rings is 1. The number of nitrogens with zero attached hydrogens (tertiary/aromatic N) is 4. The SMILES string of the molecule is Nc1nc(/C(=N\OCCF)C(=O)N[C@@H]2C(=O)N3C(C(=O)O)=C(Sc4cccc[n+]4[O-])CC[C@H]23)cs1. The highest BCUT2D eigenvalue weighted by molar-refractivity contribution is 8.03. The van der Waals surface area contributed by atoms with Crippen molar-refractivity contribution in [1.29, 1.82) is 0 Å². The van der Waals surface area contributed by atoms with Gasteiger partial charge in [0.2, 0.25) is 0 Å². The van der Waals surface area contributed by atoms with Crippen molar-refractivity contribution in [2.24, 2.45) is 5.16 Å². The maximum Gasteiger partial charge on any atom is 0.353 e. The summed E-state index contributed by atoms with van der Waals surface area (Å²) in [6, 6.07) is 3.13. The number of aromatic nitrogens is 2. The molecule has 184 valence electrons. The summed E-state index contributed by atoms with van der Waals surface area (Å²) in [5, 5.41) is 29.9. The van der Waals surface area contributed by atoms with Gasteiger partial charge in [0.05, 0.1) is 6.04 Å². The van der Waals surface area contributed by atoms with Crippen LogP contribution in [0.15, 0.2) is 50.6 Å². The monoisotopic (exact) mass is 522 g/mol. The fourth-order valence-electron chi connectivity index (χ4n) is 3.70. The van der Waals surface area contributed by atoms with Crippen LogP contribution in [0.4, 0.5) is 9.52 Å². The Kier molecular flexibility index (Phi) is 7.16. The Labute approximate surface area is 205 Å². The van der Waals surface area contributed by atoms with Gasteiger partial charge in [-0.15, -0.1) is 11.3 Å². The number of anilines is 1. The van der Waals surface area contributed by atoms with Gasteiger partial charge in [0, 0.05) is 22.4 Å². The van der Waals surface area contributed by atoms with Gasteiger partial charge in [0.25, 0.3) is 16.8 Å². The zero-order valence-electron chi connectivity index (χ0n) is 17.9. The van der Waals surface area contributed by atoms with Gasteiger partial charge >= 0.3 is 5.97 Å². The third-order valence-corrected chi connectivity index (χ3v) is 7.04. The number of rotatable bonds is 9. The summed E-state index contributed by atoms with van der Waals surface area (Å²) in [5.74, 6) is -2.74. The molecule has 2 aromatic heterocycles. The average molecular weight is 523 g/mol. The third kappa shape index (κ3) is 4.90. The summed E-state index contributed by atoms with van der Waals surface area (Å²) in [7, 11) is 0. The summed E-state index contributed by atoms with van der Waals surface area (Å²) >= 11 is 2.04. The normalized spacial score (nSPS) is 19.7. The summed E-state index contributed by atoms with van der Waals surface area (Å²) in [6.45, 7) is -1.21. The van der Waals surface area contributed by atoms with Gasteiger partial charge in [-0.2, -0.15) is 4.73 Å². The van der Waals surface area contributed by atoms with E-state index in [-0.39, 0.29) is 40.3 Å². The van der Waals surface area contributed by atoms with Crippen LogP contribution in [0, 0.1) is 5.21 Å². The summed E-state index contributed by atoms with van der Waals surface area (Å²) < 4.78 is 13.0. The zero-order chi connectivity index (χ0) is 25.1. The number of alkyl halides is 1. The number of hydrogen-bond acceptors (Lipinski definition) is 10. The van der Waals surface area contributed by atoms with E-state index in [9.17, 15) is 29.1 Å². The number of halogens is 1. The zero-order valence-corrected chi connectivity index (χ0v) is 19.6. The molecule has 0 radical (unpaired) electrons. The molecule has 0 bridgehead atoms. The minimum absolute atomic E-state index is 0.0923. The molecule has 35 heavy (non-hydrogen) atoms. The van der Waals surface area contributed by atoms with Crippen LogP contribution in [0.3, 0.4) is 0 Å². The van der Waals surface area contributed by atoms with E-state index >= 15 is 0 Å². The molecule has 2 aromatic rings. The second kappa shape index (κ2) is 10.3. The van der Waals surface area contributed by atoms with Crippen LogP contribution in [0.2, 0.25) is 0 Å². The predicted molar refractivity (Wildman–Crippen MR) is 123 cm³/mol. The van der Waals surface area contributed by atoms with Crippen molar-refractivity contribution in [2.75, 3.05) is 19.0 Å². The molecular formula is C20H19FN6O6S2. The van der Waals surface area contributed by atoms with Crippen molar-refractivity contribution < 1.29 is 33.4 Å². The van der Waals surface area contributed by atoms with Gasteiger partial charge in [-0.25, -0.2) is 14.2 Å². The number of aliphatic carboxylic acids is 1. The largest absolute Gasteiger partial charge is 0.618 e. The van der Waals surface area contributed by atoms with Crippen LogP contribution in [0.25, 0.3) is 0 Å². The first-order valence-electron chi connectivity index (χ1n) is 10.3. The lowest BCUT2D eigenvalue weighted by molar-refractivity contribution is -0.645. The van der Waals surface area contributed by atoms with Crippen molar-refractivity contribution >= 4 is 51.7 Å². The Balaban J connectivity index is 1.53. The Bertz CT molecular complexity index is 1230. The minimum Gasteiger partial charge on any atom is -0.618 e. The van der Waals surface area contributed by atoms with Crippen molar-refractivity contribution in [3.8, 4) is 0 Å². The van der Waals surface area contributed by atoms with E-state index in [2.05, 4.69) is 15.5 Å². The number of nitrogen functional groups attached to an aromatic ring is 1. The lowest BCUT2D eigenvalue weighted by Crippen LogP contribution is -2.72. The van der Waals surface area contributed by atoms with Crippen molar-refractivity contribution in [2.45, 2.75) is 30.0 Å². The number of carboxylic acid groups (broad SMARTS) is 1. The Morgan fingerprint density at radius 1 is 1.49 bits per heavy atom. The molecule has 0 aliphatic carbocycles. The first-order chi connectivity index (χ1) is 16.8. The van der Waals surface area contributed by atoms with E-state index in [4.69, 9.17) is 10.6 Å².